The molecule has 2 nitrogen and oxygen atoms in total. The molecule has 0 spiro atoms. The SMILES string of the molecule is CC12CC1CC(CO)C2O[Si](c1ccccc1)(c1ccccc1)C(C)(C)C. The first kappa shape index (κ1) is 18.9. The summed E-state index contributed by atoms with van der Waals surface area (Å²) in [7, 11) is -2.55. The summed E-state index contributed by atoms with van der Waals surface area (Å²) in [6.07, 6.45) is 2.49. The van der Waals surface area contributed by atoms with E-state index < -0.39 is 8.32 Å². The average molecular weight is 381 g/mol. The largest absolute Gasteiger partial charge is 0.404 e. The van der Waals surface area contributed by atoms with Crippen LogP contribution in [0.4, 0.5) is 0 Å². The third kappa shape index (κ3) is 2.91. The van der Waals surface area contributed by atoms with Crippen LogP contribution >= 0.6 is 0 Å². The predicted octanol–water partition coefficient (Wildman–Crippen LogP) is 3.97. The van der Waals surface area contributed by atoms with Crippen LogP contribution in [0.1, 0.15) is 40.5 Å². The Balaban J connectivity index is 1.88. The van der Waals surface area contributed by atoms with Gasteiger partial charge >= 0.3 is 0 Å². The van der Waals surface area contributed by atoms with E-state index in [1.54, 1.807) is 0 Å². The first-order chi connectivity index (χ1) is 12.8. The molecule has 0 aliphatic heterocycles. The van der Waals surface area contributed by atoms with Gasteiger partial charge in [0.2, 0.25) is 0 Å². The number of benzene rings is 2. The molecule has 4 unspecified atom stereocenters. The molecule has 2 aromatic carbocycles. The van der Waals surface area contributed by atoms with E-state index in [9.17, 15) is 5.11 Å². The van der Waals surface area contributed by atoms with Crippen molar-refractivity contribution < 1.29 is 9.53 Å². The molecule has 0 aromatic heterocycles. The normalized spacial score (nSPS) is 30.2. The zero-order chi connectivity index (χ0) is 19.3. The lowest BCUT2D eigenvalue weighted by Gasteiger charge is -2.47. The van der Waals surface area contributed by atoms with Crippen LogP contribution in [0.15, 0.2) is 60.7 Å². The summed E-state index contributed by atoms with van der Waals surface area (Å²) in [4.78, 5) is 0. The van der Waals surface area contributed by atoms with Crippen LogP contribution in [-0.4, -0.2) is 26.1 Å². The molecule has 2 fully saturated rings. The highest BCUT2D eigenvalue weighted by Crippen LogP contribution is 2.66. The summed E-state index contributed by atoms with van der Waals surface area (Å²) in [6, 6.07) is 21.7. The molecule has 2 aromatic rings. The van der Waals surface area contributed by atoms with E-state index in [0.29, 0.717) is 0 Å². The Morgan fingerprint density at radius 2 is 1.52 bits per heavy atom. The summed E-state index contributed by atoms with van der Waals surface area (Å²) in [6.45, 7) is 9.59. The molecule has 4 atom stereocenters. The summed E-state index contributed by atoms with van der Waals surface area (Å²) in [5.74, 6) is 0.980. The minimum absolute atomic E-state index is 0.0148. The second-order valence-corrected chi connectivity index (χ2v) is 14.0. The second kappa shape index (κ2) is 6.58. The molecule has 144 valence electrons. The lowest BCUT2D eigenvalue weighted by Crippen LogP contribution is -2.68. The molecule has 1 N–H and O–H groups in total. The molecule has 2 aliphatic carbocycles. The Morgan fingerprint density at radius 3 is 1.96 bits per heavy atom. The Bertz CT molecular complexity index is 744. The van der Waals surface area contributed by atoms with Crippen molar-refractivity contribution in [2.45, 2.75) is 51.7 Å². The zero-order valence-corrected chi connectivity index (χ0v) is 18.0. The van der Waals surface area contributed by atoms with Crippen molar-refractivity contribution in [1.29, 1.82) is 0 Å². The van der Waals surface area contributed by atoms with Crippen molar-refractivity contribution in [1.82, 2.24) is 0 Å². The van der Waals surface area contributed by atoms with Crippen LogP contribution in [0.3, 0.4) is 0 Å². The van der Waals surface area contributed by atoms with Gasteiger partial charge in [0.25, 0.3) is 8.32 Å². The number of rotatable bonds is 5. The highest BCUT2D eigenvalue weighted by atomic mass is 28.4. The molecule has 0 heterocycles. The highest BCUT2D eigenvalue weighted by Gasteiger charge is 2.66. The summed E-state index contributed by atoms with van der Waals surface area (Å²) in [5, 5.41) is 12.7. The second-order valence-electron chi connectivity index (χ2n) is 9.79. The molecule has 2 saturated carbocycles. The van der Waals surface area contributed by atoms with Gasteiger partial charge in [0.15, 0.2) is 0 Å². The zero-order valence-electron chi connectivity index (χ0n) is 17.0. The third-order valence-electron chi connectivity index (χ3n) is 7.08. The lowest BCUT2D eigenvalue weighted by molar-refractivity contribution is 0.0544. The quantitative estimate of drug-likeness (QED) is 0.796. The topological polar surface area (TPSA) is 29.5 Å². The van der Waals surface area contributed by atoms with Crippen molar-refractivity contribution in [3.63, 3.8) is 0 Å². The smallest absolute Gasteiger partial charge is 0.261 e. The van der Waals surface area contributed by atoms with Crippen LogP contribution < -0.4 is 10.4 Å². The fraction of sp³-hybridized carbons (Fsp3) is 0.500. The molecule has 27 heavy (non-hydrogen) atoms. The fourth-order valence-electron chi connectivity index (χ4n) is 5.48. The van der Waals surface area contributed by atoms with Crippen LogP contribution in [-0.2, 0) is 4.43 Å². The number of hydrogen-bond donors (Lipinski definition) is 1. The lowest BCUT2D eigenvalue weighted by atomic mass is 9.96. The number of aliphatic hydroxyl groups is 1. The van der Waals surface area contributed by atoms with Gasteiger partial charge in [-0.3, -0.25) is 0 Å². The fourth-order valence-corrected chi connectivity index (χ4v) is 10.3. The van der Waals surface area contributed by atoms with Crippen LogP contribution in [0, 0.1) is 17.3 Å². The average Bonchev–Trinajstić information content (AvgIpc) is 3.24. The molecule has 3 heteroatoms. The minimum Gasteiger partial charge on any atom is -0.404 e. The summed E-state index contributed by atoms with van der Waals surface area (Å²) >= 11 is 0. The van der Waals surface area contributed by atoms with E-state index in [-0.39, 0.29) is 29.1 Å². The van der Waals surface area contributed by atoms with E-state index in [4.69, 9.17) is 4.43 Å². The first-order valence-electron chi connectivity index (χ1n) is 10.2. The van der Waals surface area contributed by atoms with Crippen LogP contribution in [0.5, 0.6) is 0 Å². The van der Waals surface area contributed by atoms with Crippen molar-refractivity contribution in [2.24, 2.45) is 17.3 Å². The standard InChI is InChI=1S/C24H32O2Si/c1-23(2,3)27(20-11-7-5-8-12-20,21-13-9-6-10-14-21)26-22-18(17-25)15-19-16-24(19,22)4/h5-14,18-19,22,25H,15-17H2,1-4H3. The molecule has 4 rings (SSSR count). The maximum Gasteiger partial charge on any atom is 0.261 e. The monoisotopic (exact) mass is 380 g/mol. The van der Waals surface area contributed by atoms with Gasteiger partial charge < -0.3 is 9.53 Å². The minimum atomic E-state index is -2.55. The maximum absolute atomic E-state index is 10.1. The van der Waals surface area contributed by atoms with Gasteiger partial charge in [0.05, 0.1) is 6.10 Å². The van der Waals surface area contributed by atoms with Crippen molar-refractivity contribution in [2.75, 3.05) is 6.61 Å². The maximum atomic E-state index is 10.1. The molecular weight excluding hydrogens is 348 g/mol. The van der Waals surface area contributed by atoms with Crippen molar-refractivity contribution >= 4 is 18.7 Å². The Kier molecular flexibility index (Phi) is 4.61. The number of fused-ring (bicyclic) bond motifs is 1. The molecule has 0 saturated heterocycles. The van der Waals surface area contributed by atoms with E-state index in [1.807, 2.05) is 0 Å². The third-order valence-corrected chi connectivity index (χ3v) is 12.1. The highest BCUT2D eigenvalue weighted by molar-refractivity contribution is 6.99. The van der Waals surface area contributed by atoms with Gasteiger partial charge in [-0.05, 0) is 39.6 Å². The molecule has 0 radical (unpaired) electrons. The first-order valence-corrected chi connectivity index (χ1v) is 12.1. The van der Waals surface area contributed by atoms with E-state index in [0.717, 1.165) is 12.3 Å². The van der Waals surface area contributed by atoms with Crippen molar-refractivity contribution in [3.05, 3.63) is 60.7 Å². The van der Waals surface area contributed by atoms with Gasteiger partial charge in [-0.25, -0.2) is 0 Å². The molecular formula is C24H32O2Si. The molecule has 2 aliphatic rings. The Labute approximate surface area is 164 Å². The number of aliphatic hydroxyl groups excluding tert-OH is 1. The van der Waals surface area contributed by atoms with E-state index in [2.05, 4.69) is 88.4 Å². The van der Waals surface area contributed by atoms with Gasteiger partial charge in [-0.2, -0.15) is 0 Å². The van der Waals surface area contributed by atoms with Gasteiger partial charge in [0.1, 0.15) is 0 Å². The molecule has 0 amide bonds. The van der Waals surface area contributed by atoms with Gasteiger partial charge in [0, 0.05) is 12.5 Å². The number of hydrogen-bond acceptors (Lipinski definition) is 2. The summed E-state index contributed by atoms with van der Waals surface area (Å²) < 4.78 is 7.37. The Hall–Kier alpha value is -1.42. The van der Waals surface area contributed by atoms with E-state index in [1.165, 1.54) is 16.8 Å². The van der Waals surface area contributed by atoms with Crippen LogP contribution in [0.25, 0.3) is 0 Å². The van der Waals surface area contributed by atoms with Crippen molar-refractivity contribution in [3.8, 4) is 0 Å². The van der Waals surface area contributed by atoms with Crippen LogP contribution in [0.2, 0.25) is 5.04 Å². The Morgan fingerprint density at radius 1 is 1.00 bits per heavy atom. The van der Waals surface area contributed by atoms with E-state index >= 15 is 0 Å². The molecule has 0 bridgehead atoms. The van der Waals surface area contributed by atoms with Gasteiger partial charge in [-0.15, -0.1) is 0 Å². The van der Waals surface area contributed by atoms with Gasteiger partial charge in [-0.1, -0.05) is 88.4 Å². The summed E-state index contributed by atoms with van der Waals surface area (Å²) in [5.41, 5.74) is 0.237. The predicted molar refractivity (Wildman–Crippen MR) is 114 cm³/mol.